The summed E-state index contributed by atoms with van der Waals surface area (Å²) in [5.41, 5.74) is 3.07. The van der Waals surface area contributed by atoms with Crippen molar-refractivity contribution in [2.24, 2.45) is 11.8 Å². The van der Waals surface area contributed by atoms with Gasteiger partial charge in [-0.2, -0.15) is 0 Å². The molecule has 3 atom stereocenters. The van der Waals surface area contributed by atoms with Gasteiger partial charge >= 0.3 is 5.97 Å². The second-order valence-electron chi connectivity index (χ2n) is 7.89. The van der Waals surface area contributed by atoms with Crippen molar-refractivity contribution in [2.75, 3.05) is 0 Å². The standard InChI is InChI=1S/C24H25NO4/c1-16(25-22(26)20-9-5-6-10-21(20)23(25)27)24(28)29-15-17-11-13-19(14-12-17)18-7-3-2-4-8-18/h2-4,7-8,11-14,16,20-21H,5-6,9-10,15H2,1H3/t16-,20-,21-/m0/s1. The topological polar surface area (TPSA) is 63.7 Å². The van der Waals surface area contributed by atoms with Gasteiger partial charge in [-0.25, -0.2) is 4.79 Å². The number of likely N-dealkylation sites (tertiary alicyclic amines) is 1. The Morgan fingerprint density at radius 2 is 1.48 bits per heavy atom. The van der Waals surface area contributed by atoms with Crippen molar-refractivity contribution in [1.82, 2.24) is 4.90 Å². The van der Waals surface area contributed by atoms with Crippen LogP contribution in [0.5, 0.6) is 0 Å². The zero-order chi connectivity index (χ0) is 20.4. The first-order valence-corrected chi connectivity index (χ1v) is 10.2. The number of carbonyl (C=O) groups is 3. The fourth-order valence-electron chi connectivity index (χ4n) is 4.37. The van der Waals surface area contributed by atoms with E-state index in [1.807, 2.05) is 54.6 Å². The van der Waals surface area contributed by atoms with Crippen LogP contribution in [0, 0.1) is 11.8 Å². The molecule has 1 aliphatic heterocycles. The summed E-state index contributed by atoms with van der Waals surface area (Å²) in [6.45, 7) is 1.69. The van der Waals surface area contributed by atoms with Crippen LogP contribution in [0.3, 0.4) is 0 Å². The minimum Gasteiger partial charge on any atom is -0.459 e. The van der Waals surface area contributed by atoms with Crippen LogP contribution >= 0.6 is 0 Å². The highest BCUT2D eigenvalue weighted by molar-refractivity contribution is 6.07. The van der Waals surface area contributed by atoms with Crippen molar-refractivity contribution >= 4 is 17.8 Å². The van der Waals surface area contributed by atoms with Crippen LogP contribution in [0.1, 0.15) is 38.2 Å². The van der Waals surface area contributed by atoms with Crippen molar-refractivity contribution in [1.29, 1.82) is 0 Å². The molecule has 2 aromatic carbocycles. The Morgan fingerprint density at radius 3 is 2.07 bits per heavy atom. The SMILES string of the molecule is C[C@@H](C(=O)OCc1ccc(-c2ccccc2)cc1)N1C(=O)[C@H]2CCCC[C@@H]2C1=O. The molecule has 0 spiro atoms. The number of nitrogens with zero attached hydrogens (tertiary/aromatic N) is 1. The van der Waals surface area contributed by atoms with Gasteiger partial charge in [0.1, 0.15) is 12.6 Å². The van der Waals surface area contributed by atoms with Gasteiger partial charge in [-0.1, -0.05) is 67.4 Å². The van der Waals surface area contributed by atoms with E-state index in [0.29, 0.717) is 0 Å². The number of imide groups is 1. The van der Waals surface area contributed by atoms with Gasteiger partial charge in [-0.15, -0.1) is 0 Å². The Morgan fingerprint density at radius 1 is 0.931 bits per heavy atom. The summed E-state index contributed by atoms with van der Waals surface area (Å²) in [6.07, 6.45) is 3.40. The van der Waals surface area contributed by atoms with Gasteiger partial charge in [-0.05, 0) is 36.5 Å². The monoisotopic (exact) mass is 391 g/mol. The predicted molar refractivity (Wildman–Crippen MR) is 108 cm³/mol. The number of esters is 1. The van der Waals surface area contributed by atoms with E-state index in [1.165, 1.54) is 0 Å². The van der Waals surface area contributed by atoms with Gasteiger partial charge < -0.3 is 4.74 Å². The van der Waals surface area contributed by atoms with E-state index in [2.05, 4.69) is 0 Å². The first-order valence-electron chi connectivity index (χ1n) is 10.2. The van der Waals surface area contributed by atoms with Gasteiger partial charge in [-0.3, -0.25) is 14.5 Å². The molecule has 1 saturated heterocycles. The highest BCUT2D eigenvalue weighted by Gasteiger charge is 2.51. The molecule has 0 bridgehead atoms. The Balaban J connectivity index is 1.37. The van der Waals surface area contributed by atoms with Crippen LogP contribution in [0.2, 0.25) is 0 Å². The van der Waals surface area contributed by atoms with Crippen LogP contribution < -0.4 is 0 Å². The third-order valence-electron chi connectivity index (χ3n) is 6.05. The molecule has 29 heavy (non-hydrogen) atoms. The van der Waals surface area contributed by atoms with E-state index in [-0.39, 0.29) is 30.3 Å². The molecule has 0 N–H and O–H groups in total. The summed E-state index contributed by atoms with van der Waals surface area (Å²) in [6, 6.07) is 17.0. The second kappa shape index (κ2) is 8.19. The molecular weight excluding hydrogens is 366 g/mol. The molecule has 0 aromatic heterocycles. The van der Waals surface area contributed by atoms with E-state index in [0.717, 1.165) is 47.3 Å². The van der Waals surface area contributed by atoms with Crippen molar-refractivity contribution in [2.45, 2.75) is 45.3 Å². The smallest absolute Gasteiger partial charge is 0.329 e. The van der Waals surface area contributed by atoms with Crippen LogP contribution in [0.25, 0.3) is 11.1 Å². The Kier molecular flexibility index (Phi) is 5.47. The second-order valence-corrected chi connectivity index (χ2v) is 7.89. The third kappa shape index (κ3) is 3.82. The largest absolute Gasteiger partial charge is 0.459 e. The number of ether oxygens (including phenoxy) is 1. The van der Waals surface area contributed by atoms with Crippen molar-refractivity contribution in [3.63, 3.8) is 0 Å². The average Bonchev–Trinajstić information content (AvgIpc) is 3.03. The molecule has 2 amide bonds. The highest BCUT2D eigenvalue weighted by atomic mass is 16.5. The van der Waals surface area contributed by atoms with Crippen LogP contribution in [0.15, 0.2) is 54.6 Å². The zero-order valence-corrected chi connectivity index (χ0v) is 16.5. The number of hydrogen-bond acceptors (Lipinski definition) is 4. The lowest BCUT2D eigenvalue weighted by Crippen LogP contribution is -2.44. The number of amides is 2. The van der Waals surface area contributed by atoms with E-state index in [1.54, 1.807) is 6.92 Å². The molecule has 0 unspecified atom stereocenters. The lowest BCUT2D eigenvalue weighted by molar-refractivity contribution is -0.159. The van der Waals surface area contributed by atoms with Gasteiger partial charge in [0, 0.05) is 0 Å². The van der Waals surface area contributed by atoms with Crippen molar-refractivity contribution < 1.29 is 19.1 Å². The summed E-state index contributed by atoms with van der Waals surface area (Å²) in [7, 11) is 0. The fourth-order valence-corrected chi connectivity index (χ4v) is 4.37. The van der Waals surface area contributed by atoms with E-state index >= 15 is 0 Å². The Hall–Kier alpha value is -2.95. The molecule has 2 aromatic rings. The summed E-state index contributed by atoms with van der Waals surface area (Å²) in [5.74, 6) is -1.47. The zero-order valence-electron chi connectivity index (χ0n) is 16.5. The first kappa shape index (κ1) is 19.4. The predicted octanol–water partition coefficient (Wildman–Crippen LogP) is 3.96. The maximum atomic E-state index is 12.6. The van der Waals surface area contributed by atoms with Crippen LogP contribution in [0.4, 0.5) is 0 Å². The molecule has 1 saturated carbocycles. The molecular formula is C24H25NO4. The lowest BCUT2D eigenvalue weighted by Gasteiger charge is -2.21. The van der Waals surface area contributed by atoms with Crippen molar-refractivity contribution in [3.05, 3.63) is 60.2 Å². The average molecular weight is 391 g/mol. The maximum Gasteiger partial charge on any atom is 0.329 e. The quantitative estimate of drug-likeness (QED) is 0.572. The van der Waals surface area contributed by atoms with E-state index in [9.17, 15) is 14.4 Å². The molecule has 5 nitrogen and oxygen atoms in total. The molecule has 0 radical (unpaired) electrons. The minimum atomic E-state index is -0.885. The molecule has 4 rings (SSSR count). The Labute approximate surface area is 170 Å². The summed E-state index contributed by atoms with van der Waals surface area (Å²) < 4.78 is 5.41. The van der Waals surface area contributed by atoms with Crippen molar-refractivity contribution in [3.8, 4) is 11.1 Å². The maximum absolute atomic E-state index is 12.6. The number of benzene rings is 2. The molecule has 2 fully saturated rings. The summed E-state index contributed by atoms with van der Waals surface area (Å²) >= 11 is 0. The minimum absolute atomic E-state index is 0.112. The first-order chi connectivity index (χ1) is 14.1. The van der Waals surface area contributed by atoms with Gasteiger partial charge in [0.15, 0.2) is 0 Å². The summed E-state index contributed by atoms with van der Waals surface area (Å²) in [5, 5.41) is 0. The van der Waals surface area contributed by atoms with Gasteiger partial charge in [0.05, 0.1) is 11.8 Å². The molecule has 1 aliphatic carbocycles. The van der Waals surface area contributed by atoms with Gasteiger partial charge in [0.25, 0.3) is 0 Å². The third-order valence-corrected chi connectivity index (χ3v) is 6.05. The van der Waals surface area contributed by atoms with E-state index < -0.39 is 12.0 Å². The molecule has 150 valence electrons. The van der Waals surface area contributed by atoms with Crippen LogP contribution in [-0.4, -0.2) is 28.7 Å². The molecule has 1 heterocycles. The molecule has 5 heteroatoms. The van der Waals surface area contributed by atoms with Crippen LogP contribution in [-0.2, 0) is 25.7 Å². The van der Waals surface area contributed by atoms with Gasteiger partial charge in [0.2, 0.25) is 11.8 Å². The number of hydrogen-bond donors (Lipinski definition) is 0. The fraction of sp³-hybridized carbons (Fsp3) is 0.375. The number of fused-ring (bicyclic) bond motifs is 1. The van der Waals surface area contributed by atoms with E-state index in [4.69, 9.17) is 4.74 Å². The normalized spacial score (nSPS) is 22.3. The number of rotatable bonds is 5. The summed E-state index contributed by atoms with van der Waals surface area (Å²) in [4.78, 5) is 38.9. The number of carbonyl (C=O) groups excluding carboxylic acids is 3. The highest BCUT2D eigenvalue weighted by Crippen LogP contribution is 2.39. The molecule has 2 aliphatic rings. The Bertz CT molecular complexity index is 882. The lowest BCUT2D eigenvalue weighted by atomic mass is 9.81.